The fraction of sp³-hybridized carbons (Fsp3) is 1.00. The normalized spacial score (nSPS) is 25.7. The molecule has 1 fully saturated rings. The summed E-state index contributed by atoms with van der Waals surface area (Å²) in [4.78, 5) is 2.55. The van der Waals surface area contributed by atoms with Crippen molar-refractivity contribution >= 4 is 0 Å². The Kier molecular flexibility index (Phi) is 3.30. The fourth-order valence-corrected chi connectivity index (χ4v) is 3.38. The molecule has 1 nitrogen and oxygen atoms in total. The van der Waals surface area contributed by atoms with E-state index in [9.17, 15) is 0 Å². The summed E-state index contributed by atoms with van der Waals surface area (Å²) in [5, 5.41) is 0. The van der Waals surface area contributed by atoms with Crippen molar-refractivity contribution in [3.8, 4) is 0 Å². The first-order valence-electron chi connectivity index (χ1n) is 5.93. The van der Waals surface area contributed by atoms with E-state index in [2.05, 4.69) is 46.6 Å². The van der Waals surface area contributed by atoms with Crippen LogP contribution in [0.1, 0.15) is 53.9 Å². The second-order valence-corrected chi connectivity index (χ2v) is 6.86. The quantitative estimate of drug-likeness (QED) is 0.654. The van der Waals surface area contributed by atoms with Crippen LogP contribution in [0.3, 0.4) is 0 Å². The smallest absolute Gasteiger partial charge is 0.0144 e. The average Bonchev–Trinajstić information content (AvgIpc) is 2.29. The highest BCUT2D eigenvalue weighted by Gasteiger charge is 2.37. The maximum Gasteiger partial charge on any atom is 0.0144 e. The van der Waals surface area contributed by atoms with Crippen molar-refractivity contribution in [3.05, 3.63) is 0 Å². The summed E-state index contributed by atoms with van der Waals surface area (Å²) < 4.78 is 0. The second-order valence-electron chi connectivity index (χ2n) is 6.86. The van der Waals surface area contributed by atoms with Crippen molar-refractivity contribution in [2.24, 2.45) is 10.8 Å². The van der Waals surface area contributed by atoms with Crippen LogP contribution in [0.4, 0.5) is 0 Å². The summed E-state index contributed by atoms with van der Waals surface area (Å²) in [6, 6.07) is 0.793. The van der Waals surface area contributed by atoms with Crippen molar-refractivity contribution in [1.29, 1.82) is 0 Å². The molecule has 14 heavy (non-hydrogen) atoms. The SMILES string of the molecule is CN1CCC[C@H]1C(C)(C)CC(C)(C)C. The molecule has 0 N–H and O–H groups in total. The van der Waals surface area contributed by atoms with Crippen LogP contribution in [0, 0.1) is 10.8 Å². The summed E-state index contributed by atoms with van der Waals surface area (Å²) in [6.07, 6.45) is 4.09. The first kappa shape index (κ1) is 12.0. The van der Waals surface area contributed by atoms with Gasteiger partial charge in [0.15, 0.2) is 0 Å². The van der Waals surface area contributed by atoms with Gasteiger partial charge in [-0.1, -0.05) is 34.6 Å². The van der Waals surface area contributed by atoms with Crippen LogP contribution in [0.25, 0.3) is 0 Å². The van der Waals surface area contributed by atoms with Crippen LogP contribution in [0.5, 0.6) is 0 Å². The van der Waals surface area contributed by atoms with E-state index in [1.807, 2.05) is 0 Å². The molecular weight excluding hydrogens is 170 g/mol. The maximum atomic E-state index is 2.55. The van der Waals surface area contributed by atoms with E-state index in [0.29, 0.717) is 10.8 Å². The van der Waals surface area contributed by atoms with Crippen molar-refractivity contribution in [2.45, 2.75) is 59.9 Å². The minimum absolute atomic E-state index is 0.451. The highest BCUT2D eigenvalue weighted by Crippen LogP contribution is 2.40. The molecule has 0 amide bonds. The van der Waals surface area contributed by atoms with E-state index < -0.39 is 0 Å². The van der Waals surface area contributed by atoms with Gasteiger partial charge in [-0.2, -0.15) is 0 Å². The predicted molar refractivity (Wildman–Crippen MR) is 63.5 cm³/mol. The van der Waals surface area contributed by atoms with Crippen LogP contribution < -0.4 is 0 Å². The molecule has 0 aliphatic carbocycles. The van der Waals surface area contributed by atoms with Crippen LogP contribution in [-0.2, 0) is 0 Å². The van der Waals surface area contributed by atoms with E-state index in [0.717, 1.165) is 6.04 Å². The van der Waals surface area contributed by atoms with Gasteiger partial charge in [0.25, 0.3) is 0 Å². The molecule has 1 heteroatoms. The third-order valence-electron chi connectivity index (χ3n) is 3.41. The third-order valence-corrected chi connectivity index (χ3v) is 3.41. The van der Waals surface area contributed by atoms with E-state index in [-0.39, 0.29) is 0 Å². The zero-order valence-corrected chi connectivity index (χ0v) is 10.9. The topological polar surface area (TPSA) is 3.24 Å². The van der Waals surface area contributed by atoms with Crippen LogP contribution >= 0.6 is 0 Å². The zero-order chi connectivity index (χ0) is 11.0. The molecular formula is C13H27N. The first-order chi connectivity index (χ1) is 6.22. The summed E-state index contributed by atoms with van der Waals surface area (Å²) in [6.45, 7) is 13.2. The molecule has 0 bridgehead atoms. The lowest BCUT2D eigenvalue weighted by atomic mass is 9.71. The summed E-state index contributed by atoms with van der Waals surface area (Å²) >= 11 is 0. The minimum atomic E-state index is 0.451. The van der Waals surface area contributed by atoms with Gasteiger partial charge in [0, 0.05) is 6.04 Å². The van der Waals surface area contributed by atoms with Gasteiger partial charge in [-0.05, 0) is 43.7 Å². The Balaban J connectivity index is 2.64. The first-order valence-corrected chi connectivity index (χ1v) is 5.93. The van der Waals surface area contributed by atoms with E-state index >= 15 is 0 Å². The lowest BCUT2D eigenvalue weighted by Crippen LogP contribution is -2.40. The Hall–Kier alpha value is -0.0400. The van der Waals surface area contributed by atoms with Crippen molar-refractivity contribution in [1.82, 2.24) is 4.90 Å². The van der Waals surface area contributed by atoms with Gasteiger partial charge in [-0.3, -0.25) is 0 Å². The highest BCUT2D eigenvalue weighted by atomic mass is 15.2. The van der Waals surface area contributed by atoms with E-state index in [4.69, 9.17) is 0 Å². The van der Waals surface area contributed by atoms with E-state index in [1.165, 1.54) is 25.8 Å². The molecule has 1 aliphatic heterocycles. The highest BCUT2D eigenvalue weighted by molar-refractivity contribution is 4.91. The molecule has 0 radical (unpaired) electrons. The van der Waals surface area contributed by atoms with Gasteiger partial charge < -0.3 is 4.90 Å². The molecule has 0 aromatic heterocycles. The molecule has 0 unspecified atom stereocenters. The number of hydrogen-bond donors (Lipinski definition) is 0. The molecule has 84 valence electrons. The summed E-state index contributed by atoms with van der Waals surface area (Å²) in [7, 11) is 2.28. The number of hydrogen-bond acceptors (Lipinski definition) is 1. The molecule has 0 aromatic carbocycles. The Morgan fingerprint density at radius 1 is 1.14 bits per heavy atom. The monoisotopic (exact) mass is 197 g/mol. The summed E-state index contributed by atoms with van der Waals surface area (Å²) in [5.74, 6) is 0. The van der Waals surface area contributed by atoms with Gasteiger partial charge in [-0.25, -0.2) is 0 Å². The van der Waals surface area contributed by atoms with Gasteiger partial charge in [0.2, 0.25) is 0 Å². The van der Waals surface area contributed by atoms with Crippen molar-refractivity contribution in [2.75, 3.05) is 13.6 Å². The Morgan fingerprint density at radius 2 is 1.71 bits per heavy atom. The van der Waals surface area contributed by atoms with Crippen LogP contribution in [0.15, 0.2) is 0 Å². The standard InChI is InChI=1S/C13H27N/c1-12(2,3)10-13(4,5)11-8-7-9-14(11)6/h11H,7-10H2,1-6H3/t11-/m0/s1. The third kappa shape index (κ3) is 2.98. The van der Waals surface area contributed by atoms with Gasteiger partial charge in [-0.15, -0.1) is 0 Å². The molecule has 1 rings (SSSR count). The van der Waals surface area contributed by atoms with Crippen molar-refractivity contribution < 1.29 is 0 Å². The molecule has 1 aliphatic rings. The van der Waals surface area contributed by atoms with Crippen molar-refractivity contribution in [3.63, 3.8) is 0 Å². The predicted octanol–water partition coefficient (Wildman–Crippen LogP) is 3.54. The average molecular weight is 197 g/mol. The molecule has 1 atom stereocenters. The molecule has 0 spiro atoms. The number of rotatable bonds is 2. The van der Waals surface area contributed by atoms with Gasteiger partial charge in [0.05, 0.1) is 0 Å². The van der Waals surface area contributed by atoms with Crippen LogP contribution in [-0.4, -0.2) is 24.5 Å². The van der Waals surface area contributed by atoms with Gasteiger partial charge in [0.1, 0.15) is 0 Å². The van der Waals surface area contributed by atoms with Gasteiger partial charge >= 0.3 is 0 Å². The minimum Gasteiger partial charge on any atom is -0.303 e. The Morgan fingerprint density at radius 3 is 2.07 bits per heavy atom. The Bertz CT molecular complexity index is 188. The maximum absolute atomic E-state index is 2.55. The molecule has 1 heterocycles. The summed E-state index contributed by atoms with van der Waals surface area (Å²) in [5.41, 5.74) is 0.913. The fourth-order valence-electron chi connectivity index (χ4n) is 3.38. The van der Waals surface area contributed by atoms with Crippen LogP contribution in [0.2, 0.25) is 0 Å². The number of likely N-dealkylation sites (tertiary alicyclic amines) is 1. The second kappa shape index (κ2) is 3.84. The molecule has 0 saturated carbocycles. The largest absolute Gasteiger partial charge is 0.303 e. The number of nitrogens with zero attached hydrogens (tertiary/aromatic N) is 1. The van der Waals surface area contributed by atoms with E-state index in [1.54, 1.807) is 0 Å². The lowest BCUT2D eigenvalue weighted by molar-refractivity contribution is 0.0994. The molecule has 0 aromatic rings. The Labute approximate surface area is 89.9 Å². The zero-order valence-electron chi connectivity index (χ0n) is 10.9. The lowest BCUT2D eigenvalue weighted by Gasteiger charge is -2.40. The molecule has 1 saturated heterocycles.